The smallest absolute Gasteiger partial charge is 0.284 e. The quantitative estimate of drug-likeness (QED) is 0.388. The highest BCUT2D eigenvalue weighted by atomic mass is 32.2. The third-order valence-corrected chi connectivity index (χ3v) is 4.42. The van der Waals surface area contributed by atoms with E-state index in [4.69, 9.17) is 0 Å². The van der Waals surface area contributed by atoms with E-state index in [1.807, 2.05) is 0 Å². The third-order valence-electron chi connectivity index (χ3n) is 3.29. The monoisotopic (exact) mass is 375 g/mol. The van der Waals surface area contributed by atoms with Gasteiger partial charge in [0.05, 0.1) is 14.7 Å². The molecule has 0 aliphatic rings. The molecule has 26 heavy (non-hydrogen) atoms. The number of nitrogens with zero attached hydrogens (tertiary/aromatic N) is 1. The van der Waals surface area contributed by atoms with Gasteiger partial charge in [0.25, 0.3) is 11.6 Å². The molecule has 0 unspecified atom stereocenters. The number of nitro groups is 1. The van der Waals surface area contributed by atoms with Crippen LogP contribution in [0.15, 0.2) is 52.3 Å². The average Bonchev–Trinajstić information content (AvgIpc) is 2.60. The largest absolute Gasteiger partial charge is 0.507 e. The van der Waals surface area contributed by atoms with Crippen LogP contribution in [0.5, 0.6) is 5.75 Å². The summed E-state index contributed by atoms with van der Waals surface area (Å²) in [5.74, 6) is -0.662. The molecule has 2 amide bonds. The van der Waals surface area contributed by atoms with Crippen LogP contribution in [0.4, 0.5) is 5.69 Å². The predicted octanol–water partition coefficient (Wildman–Crippen LogP) is 2.32. The summed E-state index contributed by atoms with van der Waals surface area (Å²) in [6.45, 7) is 1.84. The third kappa shape index (κ3) is 5.21. The Kier molecular flexibility index (Phi) is 6.56. The number of nitrogens with one attached hydrogen (secondary N) is 2. The molecule has 0 fully saturated rings. The van der Waals surface area contributed by atoms with E-state index in [2.05, 4.69) is 10.6 Å². The fourth-order valence-corrected chi connectivity index (χ4v) is 3.00. The van der Waals surface area contributed by atoms with E-state index in [-0.39, 0.29) is 36.0 Å². The van der Waals surface area contributed by atoms with Crippen molar-refractivity contribution in [2.75, 3.05) is 13.1 Å². The normalized spacial score (nSPS) is 10.2. The number of carbonyl (C=O) groups is 2. The number of rotatable bonds is 7. The van der Waals surface area contributed by atoms with E-state index in [0.29, 0.717) is 9.79 Å². The maximum Gasteiger partial charge on any atom is 0.284 e. The Balaban J connectivity index is 2.15. The molecule has 0 atom stereocenters. The van der Waals surface area contributed by atoms with Crippen molar-refractivity contribution in [2.45, 2.75) is 16.7 Å². The number of amides is 2. The molecule has 0 aromatic heterocycles. The molecule has 2 rings (SSSR count). The summed E-state index contributed by atoms with van der Waals surface area (Å²) in [4.78, 5) is 34.4. The Morgan fingerprint density at radius 2 is 1.81 bits per heavy atom. The zero-order chi connectivity index (χ0) is 19.1. The van der Waals surface area contributed by atoms with Crippen LogP contribution in [0, 0.1) is 10.1 Å². The van der Waals surface area contributed by atoms with Crippen LogP contribution in [0.3, 0.4) is 0 Å². The first-order chi connectivity index (χ1) is 12.4. The lowest BCUT2D eigenvalue weighted by molar-refractivity contribution is -0.387. The number of hydrogen-bond donors (Lipinski definition) is 3. The average molecular weight is 375 g/mol. The van der Waals surface area contributed by atoms with Gasteiger partial charge in [0.1, 0.15) is 5.75 Å². The van der Waals surface area contributed by atoms with Crippen LogP contribution in [0.1, 0.15) is 17.3 Å². The van der Waals surface area contributed by atoms with Gasteiger partial charge in [-0.1, -0.05) is 23.9 Å². The topological polar surface area (TPSA) is 122 Å². The lowest BCUT2D eigenvalue weighted by Gasteiger charge is -2.08. The Morgan fingerprint density at radius 3 is 2.46 bits per heavy atom. The number of phenols is 1. The van der Waals surface area contributed by atoms with Crippen LogP contribution in [-0.2, 0) is 4.79 Å². The van der Waals surface area contributed by atoms with Crippen LogP contribution in [0.2, 0.25) is 0 Å². The molecule has 2 aromatic rings. The van der Waals surface area contributed by atoms with E-state index in [1.165, 1.54) is 31.2 Å². The minimum absolute atomic E-state index is 0.0200. The summed E-state index contributed by atoms with van der Waals surface area (Å²) in [6, 6.07) is 10.6. The highest BCUT2D eigenvalue weighted by Gasteiger charge is 2.19. The number of aromatic hydroxyl groups is 1. The first kappa shape index (κ1) is 19.3. The second-order valence-corrected chi connectivity index (χ2v) is 6.33. The molecule has 0 saturated heterocycles. The predicted molar refractivity (Wildman–Crippen MR) is 96.3 cm³/mol. The molecule has 0 spiro atoms. The van der Waals surface area contributed by atoms with E-state index >= 15 is 0 Å². The van der Waals surface area contributed by atoms with Gasteiger partial charge in [0.2, 0.25) is 5.91 Å². The SMILES string of the molecule is CC(=O)NCCNC(=O)c1ccc(Sc2ccccc2O)c([N+](=O)[O-])c1. The molecule has 0 heterocycles. The van der Waals surface area contributed by atoms with Crippen LogP contribution in [0.25, 0.3) is 0 Å². The molecule has 0 bridgehead atoms. The van der Waals surface area contributed by atoms with Crippen molar-refractivity contribution in [3.05, 3.63) is 58.1 Å². The van der Waals surface area contributed by atoms with E-state index in [9.17, 15) is 24.8 Å². The van der Waals surface area contributed by atoms with Crippen molar-refractivity contribution in [1.29, 1.82) is 0 Å². The minimum atomic E-state index is -0.573. The Hall–Kier alpha value is -3.07. The fraction of sp³-hybridized carbons (Fsp3) is 0.176. The van der Waals surface area contributed by atoms with E-state index in [1.54, 1.807) is 18.2 Å². The number of nitro benzene ring substituents is 1. The fourth-order valence-electron chi connectivity index (χ4n) is 2.07. The number of carbonyl (C=O) groups excluding carboxylic acids is 2. The molecule has 0 saturated carbocycles. The van der Waals surface area contributed by atoms with Gasteiger partial charge < -0.3 is 15.7 Å². The molecule has 0 radical (unpaired) electrons. The van der Waals surface area contributed by atoms with Crippen LogP contribution in [-0.4, -0.2) is 34.9 Å². The van der Waals surface area contributed by atoms with Crippen molar-refractivity contribution in [2.24, 2.45) is 0 Å². The Labute approximate surface area is 153 Å². The van der Waals surface area contributed by atoms with Gasteiger partial charge in [-0.15, -0.1) is 0 Å². The summed E-state index contributed by atoms with van der Waals surface area (Å²) >= 11 is 1.04. The van der Waals surface area contributed by atoms with Gasteiger partial charge in [0.15, 0.2) is 0 Å². The van der Waals surface area contributed by atoms with Gasteiger partial charge >= 0.3 is 0 Å². The standard InChI is InChI=1S/C17H17N3O5S/c1-11(21)18-8-9-19-17(23)12-6-7-15(13(10-12)20(24)25)26-16-5-3-2-4-14(16)22/h2-7,10,22H,8-9H2,1H3,(H,18,21)(H,19,23). The Bertz CT molecular complexity index is 841. The molecule has 2 aromatic carbocycles. The van der Waals surface area contributed by atoms with Crippen LogP contribution < -0.4 is 10.6 Å². The summed E-state index contributed by atoms with van der Waals surface area (Å²) < 4.78 is 0. The number of benzene rings is 2. The summed E-state index contributed by atoms with van der Waals surface area (Å²) in [7, 11) is 0. The van der Waals surface area contributed by atoms with Crippen molar-refractivity contribution in [3.63, 3.8) is 0 Å². The van der Waals surface area contributed by atoms with Crippen molar-refractivity contribution >= 4 is 29.3 Å². The molecular weight excluding hydrogens is 358 g/mol. The molecule has 0 aliphatic carbocycles. The number of para-hydroxylation sites is 1. The Morgan fingerprint density at radius 1 is 1.12 bits per heavy atom. The molecule has 136 valence electrons. The molecule has 0 aliphatic heterocycles. The first-order valence-corrected chi connectivity index (χ1v) is 8.47. The van der Waals surface area contributed by atoms with Gasteiger partial charge in [-0.25, -0.2) is 0 Å². The lowest BCUT2D eigenvalue weighted by atomic mass is 10.2. The van der Waals surface area contributed by atoms with E-state index in [0.717, 1.165) is 11.8 Å². The summed E-state index contributed by atoms with van der Waals surface area (Å²) in [5, 5.41) is 26.3. The maximum atomic E-state index is 12.1. The van der Waals surface area contributed by atoms with Crippen molar-refractivity contribution < 1.29 is 19.6 Å². The molecule has 8 nitrogen and oxygen atoms in total. The zero-order valence-corrected chi connectivity index (χ0v) is 14.7. The van der Waals surface area contributed by atoms with Crippen molar-refractivity contribution in [1.82, 2.24) is 10.6 Å². The first-order valence-electron chi connectivity index (χ1n) is 7.65. The minimum Gasteiger partial charge on any atom is -0.507 e. The highest BCUT2D eigenvalue weighted by molar-refractivity contribution is 7.99. The van der Waals surface area contributed by atoms with Crippen molar-refractivity contribution in [3.8, 4) is 5.75 Å². The van der Waals surface area contributed by atoms with E-state index < -0.39 is 10.8 Å². The molecule has 3 N–H and O–H groups in total. The van der Waals surface area contributed by atoms with Gasteiger partial charge in [0, 0.05) is 31.6 Å². The second-order valence-electron chi connectivity index (χ2n) is 5.25. The van der Waals surface area contributed by atoms with Gasteiger partial charge in [-0.2, -0.15) is 0 Å². The highest BCUT2D eigenvalue weighted by Crippen LogP contribution is 2.39. The van der Waals surface area contributed by atoms with Gasteiger partial charge in [-0.3, -0.25) is 19.7 Å². The maximum absolute atomic E-state index is 12.1. The second kappa shape index (κ2) is 8.86. The number of hydrogen-bond acceptors (Lipinski definition) is 6. The zero-order valence-electron chi connectivity index (χ0n) is 13.9. The van der Waals surface area contributed by atoms with Crippen LogP contribution >= 0.6 is 11.8 Å². The molecular formula is C17H17N3O5S. The lowest BCUT2D eigenvalue weighted by Crippen LogP contribution is -2.33. The summed E-state index contributed by atoms with van der Waals surface area (Å²) in [6.07, 6.45) is 0. The molecule has 9 heteroatoms. The summed E-state index contributed by atoms with van der Waals surface area (Å²) in [5.41, 5.74) is -0.0890. The van der Waals surface area contributed by atoms with Gasteiger partial charge in [-0.05, 0) is 24.3 Å². The number of phenolic OH excluding ortho intramolecular Hbond substituents is 1.